The van der Waals surface area contributed by atoms with Gasteiger partial charge in [0, 0.05) is 5.56 Å². The monoisotopic (exact) mass is 428 g/mol. The number of quaternary nitrogens is 1. The highest BCUT2D eigenvalue weighted by molar-refractivity contribution is 6.38. The number of rotatable bonds is 6. The first kappa shape index (κ1) is 21.7. The van der Waals surface area contributed by atoms with E-state index in [1.165, 1.54) is 6.07 Å². The van der Waals surface area contributed by atoms with Gasteiger partial charge in [-0.3, -0.25) is 4.84 Å². The predicted molar refractivity (Wildman–Crippen MR) is 93.5 cm³/mol. The molecular weight excluding hydrogens is 410 g/mol. The maximum Gasteiger partial charge on any atom is 0.430 e. The van der Waals surface area contributed by atoms with E-state index in [0.29, 0.717) is 6.61 Å². The van der Waals surface area contributed by atoms with Crippen molar-refractivity contribution in [3.8, 4) is 11.5 Å². The van der Waals surface area contributed by atoms with Crippen LogP contribution in [-0.4, -0.2) is 24.9 Å². The van der Waals surface area contributed by atoms with Gasteiger partial charge in [-0.2, -0.15) is 19.1 Å². The fourth-order valence-electron chi connectivity index (χ4n) is 2.60. The molecule has 0 radical (unpaired) electrons. The number of benzene rings is 1. The first-order chi connectivity index (χ1) is 12.6. The van der Waals surface area contributed by atoms with Crippen molar-refractivity contribution in [2.45, 2.75) is 39.0 Å². The normalized spacial score (nSPS) is 16.5. The fourth-order valence-corrected chi connectivity index (χ4v) is 3.23. The van der Waals surface area contributed by atoms with Crippen LogP contribution in [0.5, 0.6) is 11.5 Å². The smallest absolute Gasteiger partial charge is 0.430 e. The summed E-state index contributed by atoms with van der Waals surface area (Å²) in [5, 5.41) is -0.0895. The molecule has 5 nitrogen and oxygen atoms in total. The number of carbonyl (C=O) groups is 1. The molecule has 150 valence electrons. The van der Waals surface area contributed by atoms with Crippen LogP contribution in [0.25, 0.3) is 6.08 Å². The molecule has 0 spiro atoms. The van der Waals surface area contributed by atoms with Crippen LogP contribution in [0.15, 0.2) is 11.6 Å². The predicted octanol–water partition coefficient (Wildman–Crippen LogP) is 4.22. The second kappa shape index (κ2) is 8.58. The summed E-state index contributed by atoms with van der Waals surface area (Å²) in [5.74, 6) is 1.62. The van der Waals surface area contributed by atoms with E-state index >= 15 is 0 Å². The number of alkyl halides is 3. The zero-order chi connectivity index (χ0) is 20.4. The Morgan fingerprint density at radius 3 is 2.48 bits per heavy atom. The lowest BCUT2D eigenvalue weighted by atomic mass is 10.0. The third-order valence-electron chi connectivity index (χ3n) is 4.27. The largest absolute Gasteiger partial charge is 0.490 e. The first-order valence-electron chi connectivity index (χ1n) is 8.20. The summed E-state index contributed by atoms with van der Waals surface area (Å²) in [7, 11) is 0. The van der Waals surface area contributed by atoms with Gasteiger partial charge in [0.05, 0.1) is 17.2 Å². The Bertz CT molecular complexity index is 749. The minimum absolute atomic E-state index is 0.0430. The molecule has 0 saturated carbocycles. The molecule has 2 rings (SSSR count). The number of halogens is 5. The van der Waals surface area contributed by atoms with E-state index < -0.39 is 23.8 Å². The van der Waals surface area contributed by atoms with Gasteiger partial charge < -0.3 is 9.47 Å². The summed E-state index contributed by atoms with van der Waals surface area (Å²) in [6.07, 6.45) is -4.69. The molecule has 0 saturated heterocycles. The topological polar surface area (TPSA) is 72.4 Å². The molecule has 3 N–H and O–H groups in total. The lowest BCUT2D eigenvalue weighted by Gasteiger charge is -2.28. The molecule has 1 unspecified atom stereocenters. The number of fused-ring (bicyclic) bond motifs is 1. The van der Waals surface area contributed by atoms with Gasteiger partial charge in [0.25, 0.3) is 0 Å². The number of carbonyl (C=O) groups excluding carboxylic acids is 1. The van der Waals surface area contributed by atoms with Crippen molar-refractivity contribution in [2.75, 3.05) is 6.61 Å². The van der Waals surface area contributed by atoms with E-state index in [0.717, 1.165) is 18.9 Å². The molecule has 1 aliphatic rings. The molecule has 1 aliphatic heterocycles. The summed E-state index contributed by atoms with van der Waals surface area (Å²) in [6, 6.07) is 1.33. The highest BCUT2D eigenvalue weighted by atomic mass is 35.5. The van der Waals surface area contributed by atoms with E-state index in [1.807, 2.05) is 13.8 Å². The minimum atomic E-state index is -4.86. The average molecular weight is 429 g/mol. The van der Waals surface area contributed by atoms with E-state index in [2.05, 4.69) is 10.7 Å². The summed E-state index contributed by atoms with van der Waals surface area (Å²) in [6.45, 7) is 4.31. The number of hydrogen-bond donors (Lipinski definition) is 1. The molecule has 1 aromatic carbocycles. The number of ether oxygens (including phenoxy) is 2. The maximum absolute atomic E-state index is 13.3. The van der Waals surface area contributed by atoms with Crippen LogP contribution in [-0.2, 0) is 9.63 Å². The number of hydrogen-bond acceptors (Lipinski definition) is 4. The van der Waals surface area contributed by atoms with Crippen molar-refractivity contribution in [1.82, 2.24) is 0 Å². The molecule has 0 bridgehead atoms. The SMILES string of the molecule is CCC(CC)COc1c(Cl)cc2c(c1Cl)OC(C(F)(F)F)C(C(=O)O[NH3+])=C2. The van der Waals surface area contributed by atoms with E-state index in [1.54, 1.807) is 0 Å². The van der Waals surface area contributed by atoms with E-state index in [4.69, 9.17) is 32.7 Å². The van der Waals surface area contributed by atoms with Gasteiger partial charge in [-0.15, -0.1) is 0 Å². The Balaban J connectivity index is 2.47. The Labute approximate surface area is 164 Å². The minimum Gasteiger partial charge on any atom is -0.490 e. The molecule has 0 aromatic heterocycles. The lowest BCUT2D eigenvalue weighted by Crippen LogP contribution is -2.53. The van der Waals surface area contributed by atoms with Gasteiger partial charge >= 0.3 is 12.1 Å². The molecule has 0 aliphatic carbocycles. The molecule has 10 heteroatoms. The standard InChI is InChI=1S/C17H19Cl2F3NO4/c1-3-8(4-2)7-25-14-11(18)6-9-5-10(16(24)27-23)15(17(20,21)22)26-13(9)12(14)19/h5-6,8,15H,3-4,7H2,1-2,23H3/q+1. The highest BCUT2D eigenvalue weighted by Gasteiger charge is 2.50. The Morgan fingerprint density at radius 2 is 1.96 bits per heavy atom. The molecule has 1 atom stereocenters. The van der Waals surface area contributed by atoms with Crippen LogP contribution < -0.4 is 15.4 Å². The van der Waals surface area contributed by atoms with Gasteiger partial charge in [-0.05, 0) is 18.1 Å². The third-order valence-corrected chi connectivity index (χ3v) is 4.90. The lowest BCUT2D eigenvalue weighted by molar-refractivity contribution is -0.656. The van der Waals surface area contributed by atoms with Crippen molar-refractivity contribution in [1.29, 1.82) is 0 Å². The zero-order valence-corrected chi connectivity index (χ0v) is 16.2. The van der Waals surface area contributed by atoms with Gasteiger partial charge in [-0.25, -0.2) is 4.79 Å². The summed E-state index contributed by atoms with van der Waals surface area (Å²) >= 11 is 12.4. The Hall–Kier alpha value is -1.64. The van der Waals surface area contributed by atoms with Gasteiger partial charge in [0.1, 0.15) is 10.8 Å². The Morgan fingerprint density at radius 1 is 1.33 bits per heavy atom. The van der Waals surface area contributed by atoms with Crippen LogP contribution in [0.3, 0.4) is 0 Å². The van der Waals surface area contributed by atoms with Crippen molar-refractivity contribution in [3.05, 3.63) is 27.2 Å². The van der Waals surface area contributed by atoms with Crippen LogP contribution in [0, 0.1) is 5.92 Å². The quantitative estimate of drug-likeness (QED) is 0.688. The molecule has 1 aromatic rings. The van der Waals surface area contributed by atoms with Gasteiger partial charge in [0.15, 0.2) is 5.75 Å². The second-order valence-electron chi connectivity index (χ2n) is 5.98. The van der Waals surface area contributed by atoms with E-state index in [9.17, 15) is 18.0 Å². The summed E-state index contributed by atoms with van der Waals surface area (Å²) in [4.78, 5) is 15.9. The highest BCUT2D eigenvalue weighted by Crippen LogP contribution is 2.48. The molecule has 0 amide bonds. The van der Waals surface area contributed by atoms with Crippen molar-refractivity contribution >= 4 is 35.2 Å². The maximum atomic E-state index is 13.3. The van der Waals surface area contributed by atoms with Crippen molar-refractivity contribution < 1.29 is 38.2 Å². The Kier molecular flexibility index (Phi) is 6.88. The summed E-state index contributed by atoms with van der Waals surface area (Å²) in [5.41, 5.74) is -0.636. The third kappa shape index (κ3) is 4.62. The van der Waals surface area contributed by atoms with Crippen molar-refractivity contribution in [2.24, 2.45) is 5.92 Å². The first-order valence-corrected chi connectivity index (χ1v) is 8.95. The molecular formula is C17H19Cl2F3NO4+. The zero-order valence-electron chi connectivity index (χ0n) is 14.7. The van der Waals surface area contributed by atoms with Crippen LogP contribution in [0.4, 0.5) is 13.2 Å². The average Bonchev–Trinajstić information content (AvgIpc) is 2.62. The van der Waals surface area contributed by atoms with Gasteiger partial charge in [0.2, 0.25) is 6.10 Å². The van der Waals surface area contributed by atoms with Crippen molar-refractivity contribution in [3.63, 3.8) is 0 Å². The summed E-state index contributed by atoms with van der Waals surface area (Å²) < 4.78 is 50.7. The second-order valence-corrected chi connectivity index (χ2v) is 6.77. The molecule has 27 heavy (non-hydrogen) atoms. The van der Waals surface area contributed by atoms with E-state index in [-0.39, 0.29) is 33.0 Å². The van der Waals surface area contributed by atoms with Gasteiger partial charge in [-0.1, -0.05) is 49.9 Å². The van der Waals surface area contributed by atoms with Crippen LogP contribution >= 0.6 is 23.2 Å². The molecule has 1 heterocycles. The fraction of sp³-hybridized carbons (Fsp3) is 0.471. The molecule has 0 fully saturated rings. The van der Waals surface area contributed by atoms with Crippen LogP contribution in [0.2, 0.25) is 10.0 Å². The van der Waals surface area contributed by atoms with Crippen LogP contribution in [0.1, 0.15) is 32.3 Å².